The molecule has 0 saturated carbocycles. The predicted octanol–water partition coefficient (Wildman–Crippen LogP) is 2.15. The van der Waals surface area contributed by atoms with E-state index < -0.39 is 0 Å². The van der Waals surface area contributed by atoms with Crippen LogP contribution in [0.4, 0.5) is 0 Å². The maximum Gasteiger partial charge on any atom is 0.0594 e. The molecule has 1 N–H and O–H groups in total. The van der Waals surface area contributed by atoms with E-state index in [1.807, 2.05) is 0 Å². The molecule has 0 aromatic heterocycles. The van der Waals surface area contributed by atoms with E-state index in [-0.39, 0.29) is 0 Å². The summed E-state index contributed by atoms with van der Waals surface area (Å²) in [5, 5.41) is 4.06. The van der Waals surface area contributed by atoms with Crippen molar-refractivity contribution >= 4 is 0 Å². The monoisotopic (exact) mass is 343 g/mol. The quantitative estimate of drug-likeness (QED) is 0.857. The van der Waals surface area contributed by atoms with E-state index in [9.17, 15) is 0 Å². The van der Waals surface area contributed by atoms with Crippen LogP contribution in [0.15, 0.2) is 30.3 Å². The number of nitrogens with one attached hydrogen (secondary N) is 1. The Bertz CT molecular complexity index is 517. The van der Waals surface area contributed by atoms with E-state index in [1.165, 1.54) is 44.3 Å². The third-order valence-electron chi connectivity index (χ3n) is 6.20. The normalized spacial score (nSPS) is 29.4. The Balaban J connectivity index is 1.37. The predicted molar refractivity (Wildman–Crippen MR) is 102 cm³/mol. The number of ether oxygens (including phenoxy) is 1. The van der Waals surface area contributed by atoms with Crippen LogP contribution >= 0.6 is 0 Å². The maximum atomic E-state index is 5.53. The molecule has 3 aliphatic rings. The average molecular weight is 344 g/mol. The number of fused-ring (bicyclic) bond motifs is 1. The largest absolute Gasteiger partial charge is 0.379 e. The molecule has 0 spiro atoms. The first-order chi connectivity index (χ1) is 12.4. The van der Waals surface area contributed by atoms with Crippen LogP contribution in [0.5, 0.6) is 0 Å². The van der Waals surface area contributed by atoms with Crippen LogP contribution in [0.1, 0.15) is 31.2 Å². The Hall–Kier alpha value is -0.940. The molecule has 1 aromatic rings. The fourth-order valence-electron chi connectivity index (χ4n) is 4.88. The zero-order chi connectivity index (χ0) is 16.9. The van der Waals surface area contributed by atoms with Crippen molar-refractivity contribution in [2.24, 2.45) is 0 Å². The van der Waals surface area contributed by atoms with Crippen LogP contribution in [0, 0.1) is 0 Å². The third-order valence-corrected chi connectivity index (χ3v) is 6.20. The standard InChI is InChI=1S/C21H33N3O/c1-2-5-18(6-3-1)15-20(17-23-11-13-25-14-12-23)22-19-8-10-24-9-4-7-21(24)16-19/h1-3,5-6,19-22H,4,7-17H2/t19-,20-,21+/m1/s1. The summed E-state index contributed by atoms with van der Waals surface area (Å²) >= 11 is 0. The molecule has 1 aromatic carbocycles. The van der Waals surface area contributed by atoms with Gasteiger partial charge >= 0.3 is 0 Å². The van der Waals surface area contributed by atoms with Crippen molar-refractivity contribution in [1.29, 1.82) is 0 Å². The summed E-state index contributed by atoms with van der Waals surface area (Å²) < 4.78 is 5.53. The Labute approximate surface area is 152 Å². The summed E-state index contributed by atoms with van der Waals surface area (Å²) in [6.45, 7) is 7.69. The summed E-state index contributed by atoms with van der Waals surface area (Å²) in [7, 11) is 0. The van der Waals surface area contributed by atoms with Crippen molar-refractivity contribution in [3.63, 3.8) is 0 Å². The minimum Gasteiger partial charge on any atom is -0.379 e. The minimum absolute atomic E-state index is 0.540. The molecule has 4 heteroatoms. The molecule has 0 radical (unpaired) electrons. The lowest BCUT2D eigenvalue weighted by Gasteiger charge is -2.38. The molecule has 0 bridgehead atoms. The average Bonchev–Trinajstić information content (AvgIpc) is 3.11. The fraction of sp³-hybridized carbons (Fsp3) is 0.714. The molecular formula is C21H33N3O. The molecule has 4 rings (SSSR count). The first-order valence-corrected chi connectivity index (χ1v) is 10.2. The van der Waals surface area contributed by atoms with Gasteiger partial charge in [-0.15, -0.1) is 0 Å². The summed E-state index contributed by atoms with van der Waals surface area (Å²) in [6.07, 6.45) is 6.59. The molecule has 3 heterocycles. The van der Waals surface area contributed by atoms with Crippen LogP contribution in [0.25, 0.3) is 0 Å². The summed E-state index contributed by atoms with van der Waals surface area (Å²) in [5.41, 5.74) is 1.45. The first kappa shape index (κ1) is 17.5. The van der Waals surface area contributed by atoms with Crippen molar-refractivity contribution in [2.45, 2.75) is 50.2 Å². The molecular weight excluding hydrogens is 310 g/mol. The lowest BCUT2D eigenvalue weighted by Crippen LogP contribution is -2.53. The number of nitrogens with zero attached hydrogens (tertiary/aromatic N) is 2. The van der Waals surface area contributed by atoms with Crippen molar-refractivity contribution < 1.29 is 4.74 Å². The van der Waals surface area contributed by atoms with Gasteiger partial charge in [-0.1, -0.05) is 30.3 Å². The van der Waals surface area contributed by atoms with Gasteiger partial charge in [0.1, 0.15) is 0 Å². The van der Waals surface area contributed by atoms with E-state index in [1.54, 1.807) is 0 Å². The molecule has 0 unspecified atom stereocenters. The highest BCUT2D eigenvalue weighted by molar-refractivity contribution is 5.16. The van der Waals surface area contributed by atoms with Gasteiger partial charge in [0.2, 0.25) is 0 Å². The second-order valence-corrected chi connectivity index (χ2v) is 8.02. The van der Waals surface area contributed by atoms with Crippen LogP contribution in [-0.4, -0.2) is 73.9 Å². The lowest BCUT2D eigenvalue weighted by atomic mass is 9.95. The van der Waals surface area contributed by atoms with Crippen LogP contribution in [0.3, 0.4) is 0 Å². The highest BCUT2D eigenvalue weighted by Crippen LogP contribution is 2.27. The van der Waals surface area contributed by atoms with Crippen LogP contribution < -0.4 is 5.32 Å². The molecule has 0 amide bonds. The molecule has 4 nitrogen and oxygen atoms in total. The third kappa shape index (κ3) is 4.82. The Kier molecular flexibility index (Phi) is 6.03. The number of hydrogen-bond acceptors (Lipinski definition) is 4. The van der Waals surface area contributed by atoms with E-state index in [0.29, 0.717) is 12.1 Å². The molecule has 25 heavy (non-hydrogen) atoms. The molecule has 0 aliphatic carbocycles. The van der Waals surface area contributed by atoms with Gasteiger partial charge in [-0.25, -0.2) is 0 Å². The number of morpholine rings is 1. The second kappa shape index (κ2) is 8.63. The smallest absolute Gasteiger partial charge is 0.0594 e. The van der Waals surface area contributed by atoms with E-state index in [2.05, 4.69) is 45.4 Å². The van der Waals surface area contributed by atoms with E-state index in [4.69, 9.17) is 4.74 Å². The van der Waals surface area contributed by atoms with Crippen molar-refractivity contribution in [3.05, 3.63) is 35.9 Å². The number of piperidine rings is 1. The Morgan fingerprint density at radius 3 is 2.72 bits per heavy atom. The molecule has 138 valence electrons. The van der Waals surface area contributed by atoms with Gasteiger partial charge < -0.3 is 15.0 Å². The fourth-order valence-corrected chi connectivity index (χ4v) is 4.88. The SMILES string of the molecule is c1ccc(C[C@H](CN2CCOCC2)N[C@@H]2CCN3CCC[C@H]3C2)cc1. The van der Waals surface area contributed by atoms with Gasteiger partial charge in [0.15, 0.2) is 0 Å². The van der Waals surface area contributed by atoms with Gasteiger partial charge in [-0.2, -0.15) is 0 Å². The summed E-state index contributed by atoms with van der Waals surface area (Å²) in [4.78, 5) is 5.29. The van der Waals surface area contributed by atoms with Crippen LogP contribution in [0.2, 0.25) is 0 Å². The summed E-state index contributed by atoms with van der Waals surface area (Å²) in [5.74, 6) is 0. The Morgan fingerprint density at radius 2 is 1.88 bits per heavy atom. The topological polar surface area (TPSA) is 27.7 Å². The summed E-state index contributed by atoms with van der Waals surface area (Å²) in [6, 6.07) is 13.1. The molecule has 3 fully saturated rings. The van der Waals surface area contributed by atoms with Gasteiger partial charge in [-0.3, -0.25) is 4.90 Å². The highest BCUT2D eigenvalue weighted by atomic mass is 16.5. The van der Waals surface area contributed by atoms with Crippen molar-refractivity contribution in [3.8, 4) is 0 Å². The van der Waals surface area contributed by atoms with Gasteiger partial charge in [0, 0.05) is 37.8 Å². The maximum absolute atomic E-state index is 5.53. The van der Waals surface area contributed by atoms with Gasteiger partial charge in [0.25, 0.3) is 0 Å². The van der Waals surface area contributed by atoms with Crippen molar-refractivity contribution in [2.75, 3.05) is 45.9 Å². The second-order valence-electron chi connectivity index (χ2n) is 8.02. The number of benzene rings is 1. The highest BCUT2D eigenvalue weighted by Gasteiger charge is 2.32. The zero-order valence-corrected chi connectivity index (χ0v) is 15.4. The van der Waals surface area contributed by atoms with Crippen LogP contribution in [-0.2, 0) is 11.2 Å². The van der Waals surface area contributed by atoms with Gasteiger partial charge in [0.05, 0.1) is 13.2 Å². The molecule has 3 saturated heterocycles. The Morgan fingerprint density at radius 1 is 1.04 bits per heavy atom. The minimum atomic E-state index is 0.540. The zero-order valence-electron chi connectivity index (χ0n) is 15.4. The lowest BCUT2D eigenvalue weighted by molar-refractivity contribution is 0.0319. The first-order valence-electron chi connectivity index (χ1n) is 10.2. The van der Waals surface area contributed by atoms with E-state index >= 15 is 0 Å². The van der Waals surface area contributed by atoms with E-state index in [0.717, 1.165) is 45.3 Å². The number of rotatable bonds is 6. The molecule has 3 aliphatic heterocycles. The van der Waals surface area contributed by atoms with Crippen molar-refractivity contribution in [1.82, 2.24) is 15.1 Å². The molecule has 3 atom stereocenters. The van der Waals surface area contributed by atoms with Gasteiger partial charge in [-0.05, 0) is 50.8 Å². The number of hydrogen-bond donors (Lipinski definition) is 1.